The first-order valence-corrected chi connectivity index (χ1v) is 14.0. The molecule has 0 spiro atoms. The molecule has 3 aromatic rings. The van der Waals surface area contributed by atoms with Crippen LogP contribution in [0, 0.1) is 0 Å². The molecule has 0 saturated carbocycles. The van der Waals surface area contributed by atoms with Gasteiger partial charge in [0.1, 0.15) is 11.8 Å². The van der Waals surface area contributed by atoms with E-state index in [1.165, 1.54) is 11.4 Å². The first-order chi connectivity index (χ1) is 15.2. The van der Waals surface area contributed by atoms with E-state index in [0.29, 0.717) is 16.9 Å². The van der Waals surface area contributed by atoms with E-state index in [-0.39, 0.29) is 24.2 Å². The first-order valence-electron chi connectivity index (χ1n) is 10.5. The van der Waals surface area contributed by atoms with E-state index in [1.54, 1.807) is 31.4 Å². The fraction of sp³-hybridized carbons (Fsp3) is 0.292. The Labute approximate surface area is 188 Å². The molecule has 32 heavy (non-hydrogen) atoms. The summed E-state index contributed by atoms with van der Waals surface area (Å²) in [5.41, 5.74) is 1.51. The minimum absolute atomic E-state index is 0.121. The number of H-pyrrole nitrogens is 2. The van der Waals surface area contributed by atoms with E-state index in [0.717, 1.165) is 5.56 Å². The van der Waals surface area contributed by atoms with Crippen molar-refractivity contribution in [3.63, 3.8) is 0 Å². The molecule has 168 valence electrons. The number of ether oxygens (including phenoxy) is 1. The number of aromatic amines is 2. The number of rotatable bonds is 9. The van der Waals surface area contributed by atoms with Gasteiger partial charge in [0.15, 0.2) is 5.78 Å². The second-order valence-corrected chi connectivity index (χ2v) is 13.9. The maximum absolute atomic E-state index is 13.2. The number of Topliss-reactive ketones (excluding diaryl/α,β-unsaturated/α-hetero) is 1. The van der Waals surface area contributed by atoms with Gasteiger partial charge in [-0.2, -0.15) is 0 Å². The highest BCUT2D eigenvalue weighted by molar-refractivity contribution is 6.88. The summed E-state index contributed by atoms with van der Waals surface area (Å²) in [6.07, 6.45) is 1.52. The summed E-state index contributed by atoms with van der Waals surface area (Å²) >= 11 is 0. The number of hydrogen-bond acceptors (Lipinski definition) is 4. The molecule has 1 heterocycles. The maximum Gasteiger partial charge on any atom is 0.267 e. The third-order valence-electron chi connectivity index (χ3n) is 5.35. The molecule has 0 fully saturated rings. The van der Waals surface area contributed by atoms with E-state index < -0.39 is 20.0 Å². The molecule has 0 saturated heterocycles. The minimum atomic E-state index is -1.42. The number of ketones is 1. The molecular formula is C24H29N3O4Si. The summed E-state index contributed by atoms with van der Waals surface area (Å²) in [5.74, 6) is 0.123. The number of carbonyl (C=O) groups is 2. The molecule has 3 N–H and O–H groups in total. The van der Waals surface area contributed by atoms with E-state index in [1.807, 2.05) is 12.1 Å². The summed E-state index contributed by atoms with van der Waals surface area (Å²) in [6, 6.07) is 14.3. The zero-order valence-electron chi connectivity index (χ0n) is 18.8. The average molecular weight is 452 g/mol. The van der Waals surface area contributed by atoms with Crippen LogP contribution < -0.4 is 20.8 Å². The quantitative estimate of drug-likeness (QED) is 0.435. The monoisotopic (exact) mass is 451 g/mol. The smallest absolute Gasteiger partial charge is 0.267 e. The summed E-state index contributed by atoms with van der Waals surface area (Å²) in [6.45, 7) is 6.83. The van der Waals surface area contributed by atoms with Crippen LogP contribution in [0.5, 0.6) is 5.75 Å². The number of carbonyl (C=O) groups excluding carboxylic acids is 2. The van der Waals surface area contributed by atoms with Crippen molar-refractivity contribution in [3.05, 3.63) is 81.8 Å². The van der Waals surface area contributed by atoms with Gasteiger partial charge in [-0.3, -0.25) is 19.5 Å². The van der Waals surface area contributed by atoms with Crippen molar-refractivity contribution >= 4 is 25.0 Å². The SMILES string of the molecule is COc1ccc(C(NC(=O)Cc2c[nH][nH]c2=O)C(=O)Cc2ccc([Si](C)(C)C)cc2)cc1. The normalized spacial score (nSPS) is 12.2. The highest BCUT2D eigenvalue weighted by atomic mass is 28.3. The molecule has 1 atom stereocenters. The van der Waals surface area contributed by atoms with Crippen molar-refractivity contribution in [2.75, 3.05) is 7.11 Å². The Morgan fingerprint density at radius 1 is 1.00 bits per heavy atom. The Morgan fingerprint density at radius 2 is 1.66 bits per heavy atom. The van der Waals surface area contributed by atoms with Crippen molar-refractivity contribution in [2.45, 2.75) is 38.5 Å². The lowest BCUT2D eigenvalue weighted by Gasteiger charge is -2.19. The van der Waals surface area contributed by atoms with Gasteiger partial charge in [0.05, 0.1) is 21.6 Å². The van der Waals surface area contributed by atoms with Gasteiger partial charge < -0.3 is 15.2 Å². The Kier molecular flexibility index (Phi) is 7.14. The maximum atomic E-state index is 13.2. The van der Waals surface area contributed by atoms with Gasteiger partial charge in [-0.25, -0.2) is 0 Å². The zero-order chi connectivity index (χ0) is 23.3. The van der Waals surface area contributed by atoms with Gasteiger partial charge in [-0.15, -0.1) is 0 Å². The van der Waals surface area contributed by atoms with Gasteiger partial charge in [-0.1, -0.05) is 61.2 Å². The fourth-order valence-electron chi connectivity index (χ4n) is 3.42. The lowest BCUT2D eigenvalue weighted by Crippen LogP contribution is -2.37. The van der Waals surface area contributed by atoms with Crippen molar-refractivity contribution in [1.29, 1.82) is 0 Å². The van der Waals surface area contributed by atoms with Crippen molar-refractivity contribution in [3.8, 4) is 5.75 Å². The van der Waals surface area contributed by atoms with Gasteiger partial charge in [-0.05, 0) is 23.3 Å². The van der Waals surface area contributed by atoms with Gasteiger partial charge in [0, 0.05) is 18.2 Å². The first kappa shape index (κ1) is 23.3. The van der Waals surface area contributed by atoms with Crippen LogP contribution in [0.3, 0.4) is 0 Å². The summed E-state index contributed by atoms with van der Waals surface area (Å²) in [4.78, 5) is 37.6. The van der Waals surface area contributed by atoms with Gasteiger partial charge >= 0.3 is 0 Å². The number of benzene rings is 2. The molecule has 0 aliphatic carbocycles. The van der Waals surface area contributed by atoms with Crippen LogP contribution in [0.15, 0.2) is 59.5 Å². The second kappa shape index (κ2) is 9.82. The molecule has 0 aliphatic rings. The molecule has 0 radical (unpaired) electrons. The minimum Gasteiger partial charge on any atom is -0.497 e. The number of aromatic nitrogens is 2. The molecule has 2 aromatic carbocycles. The molecular weight excluding hydrogens is 422 g/mol. The van der Waals surface area contributed by atoms with E-state index >= 15 is 0 Å². The second-order valence-electron chi connectivity index (χ2n) is 8.81. The van der Waals surface area contributed by atoms with Crippen LogP contribution in [-0.2, 0) is 22.4 Å². The van der Waals surface area contributed by atoms with Gasteiger partial charge in [0.2, 0.25) is 5.91 Å². The molecule has 1 aromatic heterocycles. The molecule has 0 aliphatic heterocycles. The number of hydrogen-bond donors (Lipinski definition) is 3. The predicted octanol–water partition coefficient (Wildman–Crippen LogP) is 2.47. The Hall–Kier alpha value is -3.39. The molecule has 3 rings (SSSR count). The van der Waals surface area contributed by atoms with E-state index in [9.17, 15) is 14.4 Å². The summed E-state index contributed by atoms with van der Waals surface area (Å²) in [7, 11) is 0.145. The van der Waals surface area contributed by atoms with Crippen molar-refractivity contribution < 1.29 is 14.3 Å². The van der Waals surface area contributed by atoms with Crippen LogP contribution in [-0.4, -0.2) is 37.1 Å². The molecule has 8 heteroatoms. The number of amides is 1. The predicted molar refractivity (Wildman–Crippen MR) is 127 cm³/mol. The van der Waals surface area contributed by atoms with E-state index in [2.05, 4.69) is 47.3 Å². The van der Waals surface area contributed by atoms with Crippen LogP contribution in [0.25, 0.3) is 0 Å². The largest absolute Gasteiger partial charge is 0.497 e. The topological polar surface area (TPSA) is 104 Å². The highest BCUT2D eigenvalue weighted by Gasteiger charge is 2.24. The molecule has 7 nitrogen and oxygen atoms in total. The van der Waals surface area contributed by atoms with Crippen molar-refractivity contribution in [2.24, 2.45) is 0 Å². The number of methoxy groups -OCH3 is 1. The van der Waals surface area contributed by atoms with Crippen LogP contribution in [0.4, 0.5) is 0 Å². The fourth-order valence-corrected chi connectivity index (χ4v) is 4.59. The van der Waals surface area contributed by atoms with Crippen molar-refractivity contribution in [1.82, 2.24) is 15.5 Å². The van der Waals surface area contributed by atoms with Crippen LogP contribution >= 0.6 is 0 Å². The summed E-state index contributed by atoms with van der Waals surface area (Å²) < 4.78 is 5.20. The Balaban J connectivity index is 1.80. The number of nitrogens with one attached hydrogen (secondary N) is 3. The standard InChI is InChI=1S/C24H29N3O4Si/c1-31-19-9-7-17(8-10-19)23(26-22(29)14-18-15-25-27-24(18)30)21(28)13-16-5-11-20(12-6-16)32(2,3)4/h5-12,15,23H,13-14H2,1-4H3,(H,26,29)(H2,25,27,30). The van der Waals surface area contributed by atoms with Gasteiger partial charge in [0.25, 0.3) is 5.56 Å². The zero-order valence-corrected chi connectivity index (χ0v) is 19.8. The molecule has 1 unspecified atom stereocenters. The Bertz CT molecular complexity index is 1130. The average Bonchev–Trinajstić information content (AvgIpc) is 3.16. The third kappa shape index (κ3) is 5.85. The Morgan fingerprint density at radius 3 is 2.19 bits per heavy atom. The lowest BCUT2D eigenvalue weighted by molar-refractivity contribution is -0.127. The van der Waals surface area contributed by atoms with Crippen LogP contribution in [0.2, 0.25) is 19.6 Å². The van der Waals surface area contributed by atoms with E-state index in [4.69, 9.17) is 4.74 Å². The third-order valence-corrected chi connectivity index (χ3v) is 7.41. The molecule has 0 bridgehead atoms. The highest BCUT2D eigenvalue weighted by Crippen LogP contribution is 2.20. The lowest BCUT2D eigenvalue weighted by atomic mass is 9.97. The summed E-state index contributed by atoms with van der Waals surface area (Å²) in [5, 5.41) is 9.11. The van der Waals surface area contributed by atoms with Crippen LogP contribution in [0.1, 0.15) is 22.7 Å². The molecule has 1 amide bonds.